The molecule has 128 valence electrons. The average Bonchev–Trinajstić information content (AvgIpc) is 2.64. The minimum absolute atomic E-state index is 0.133. The summed E-state index contributed by atoms with van der Waals surface area (Å²) in [6.45, 7) is 5.37. The van der Waals surface area contributed by atoms with E-state index in [0.29, 0.717) is 6.04 Å². The molecule has 0 radical (unpaired) electrons. The Morgan fingerprint density at radius 3 is 2.67 bits per heavy atom. The minimum Gasteiger partial charge on any atom is -0.382 e. The van der Waals surface area contributed by atoms with Crippen LogP contribution in [0.3, 0.4) is 0 Å². The van der Waals surface area contributed by atoms with Gasteiger partial charge in [-0.25, -0.2) is 0 Å². The van der Waals surface area contributed by atoms with Crippen molar-refractivity contribution >= 4 is 5.69 Å². The van der Waals surface area contributed by atoms with E-state index >= 15 is 0 Å². The molecule has 2 aromatic rings. The monoisotopic (exact) mass is 325 g/mol. The number of nitrogens with one attached hydrogen (secondary N) is 1. The van der Waals surface area contributed by atoms with E-state index in [1.54, 1.807) is 7.11 Å². The Labute approximate surface area is 144 Å². The maximum Gasteiger partial charge on any atom is 0.0793 e. The van der Waals surface area contributed by atoms with E-state index in [-0.39, 0.29) is 6.10 Å². The molecule has 1 aliphatic heterocycles. The van der Waals surface area contributed by atoms with Gasteiger partial charge in [0.1, 0.15) is 0 Å². The van der Waals surface area contributed by atoms with Gasteiger partial charge >= 0.3 is 0 Å². The Bertz CT molecular complexity index is 624. The van der Waals surface area contributed by atoms with Gasteiger partial charge in [0.05, 0.1) is 6.10 Å². The van der Waals surface area contributed by atoms with Crippen LogP contribution in [0.25, 0.3) is 0 Å². The molecule has 1 atom stereocenters. The molecule has 0 amide bonds. The van der Waals surface area contributed by atoms with Crippen LogP contribution in [-0.2, 0) is 11.3 Å². The van der Waals surface area contributed by atoms with Crippen LogP contribution < -0.4 is 5.32 Å². The van der Waals surface area contributed by atoms with E-state index in [4.69, 9.17) is 4.74 Å². The van der Waals surface area contributed by atoms with Gasteiger partial charge in [-0.15, -0.1) is 0 Å². The summed E-state index contributed by atoms with van der Waals surface area (Å²) in [5.74, 6) is 0. The predicted octanol–water partition coefficient (Wildman–Crippen LogP) is 3.87. The highest BCUT2D eigenvalue weighted by Crippen LogP contribution is 2.22. The van der Waals surface area contributed by atoms with Crippen LogP contribution >= 0.6 is 0 Å². The van der Waals surface area contributed by atoms with Crippen LogP contribution in [0.4, 0.5) is 5.69 Å². The van der Waals surface area contributed by atoms with Gasteiger partial charge in [0, 0.05) is 50.9 Å². The number of pyridine rings is 1. The van der Waals surface area contributed by atoms with Crippen LogP contribution in [0, 0.1) is 0 Å². The maximum absolute atomic E-state index is 5.41. The van der Waals surface area contributed by atoms with Crippen molar-refractivity contribution in [3.05, 3.63) is 59.9 Å². The second-order valence-corrected chi connectivity index (χ2v) is 6.55. The fraction of sp³-hybridized carbons (Fsp3) is 0.450. The fourth-order valence-electron chi connectivity index (χ4n) is 3.23. The molecule has 1 aromatic heterocycles. The number of aromatic nitrogens is 1. The summed E-state index contributed by atoms with van der Waals surface area (Å²) < 4.78 is 5.41. The first kappa shape index (κ1) is 16.9. The lowest BCUT2D eigenvalue weighted by Crippen LogP contribution is -2.38. The van der Waals surface area contributed by atoms with Crippen molar-refractivity contribution in [2.75, 3.05) is 25.5 Å². The molecule has 0 saturated carbocycles. The second-order valence-electron chi connectivity index (χ2n) is 6.55. The van der Waals surface area contributed by atoms with Gasteiger partial charge in [-0.3, -0.25) is 9.88 Å². The number of anilines is 1. The molecule has 2 heterocycles. The van der Waals surface area contributed by atoms with E-state index in [1.807, 2.05) is 12.4 Å². The van der Waals surface area contributed by atoms with Crippen molar-refractivity contribution in [2.24, 2.45) is 0 Å². The van der Waals surface area contributed by atoms with E-state index in [1.165, 1.54) is 29.7 Å². The summed E-state index contributed by atoms with van der Waals surface area (Å²) in [5, 5.41) is 3.69. The Balaban J connectivity index is 1.50. The van der Waals surface area contributed by atoms with Gasteiger partial charge < -0.3 is 10.1 Å². The summed E-state index contributed by atoms with van der Waals surface area (Å²) >= 11 is 0. The van der Waals surface area contributed by atoms with Gasteiger partial charge in [0.25, 0.3) is 0 Å². The minimum atomic E-state index is 0.133. The van der Waals surface area contributed by atoms with Crippen molar-refractivity contribution in [3.63, 3.8) is 0 Å². The van der Waals surface area contributed by atoms with Gasteiger partial charge in [-0.05, 0) is 55.2 Å². The molecule has 1 saturated heterocycles. The number of hydrogen-bond acceptors (Lipinski definition) is 4. The molecule has 24 heavy (non-hydrogen) atoms. The lowest BCUT2D eigenvalue weighted by Gasteiger charge is -2.33. The third-order valence-electron chi connectivity index (χ3n) is 4.82. The molecule has 4 nitrogen and oxygen atoms in total. The largest absolute Gasteiger partial charge is 0.382 e. The summed E-state index contributed by atoms with van der Waals surface area (Å²) in [6.07, 6.45) is 6.23. The normalized spacial score (nSPS) is 17.6. The zero-order chi connectivity index (χ0) is 16.8. The second kappa shape index (κ2) is 8.27. The van der Waals surface area contributed by atoms with Crippen LogP contribution in [0.15, 0.2) is 48.8 Å². The molecular formula is C20H27N3O. The summed E-state index contributed by atoms with van der Waals surface area (Å²) in [7, 11) is 1.75. The Morgan fingerprint density at radius 1 is 1.21 bits per heavy atom. The number of nitrogens with zero attached hydrogens (tertiary/aromatic N) is 2. The average molecular weight is 325 g/mol. The van der Waals surface area contributed by atoms with Crippen LogP contribution in [-0.4, -0.2) is 36.1 Å². The number of benzene rings is 1. The molecule has 1 fully saturated rings. The standard InChI is InChI=1S/C20H27N3O/c1-16(24-2)18-4-3-5-20(14-18)22-19-8-12-23(13-9-19)15-17-6-10-21-11-7-17/h3-7,10-11,14,16,19,22H,8-9,12-13,15H2,1-2H3/t16-/m0/s1. The number of likely N-dealkylation sites (tertiary alicyclic amines) is 1. The Morgan fingerprint density at radius 2 is 1.96 bits per heavy atom. The molecule has 4 heteroatoms. The van der Waals surface area contributed by atoms with Crippen molar-refractivity contribution in [2.45, 2.75) is 38.5 Å². The molecule has 3 rings (SSSR count). The molecule has 0 bridgehead atoms. The molecule has 1 aromatic carbocycles. The first-order valence-electron chi connectivity index (χ1n) is 8.75. The SMILES string of the molecule is CO[C@@H](C)c1cccc(NC2CCN(Cc3ccncc3)CC2)c1. The summed E-state index contributed by atoms with van der Waals surface area (Å²) in [5.41, 5.74) is 3.76. The zero-order valence-electron chi connectivity index (χ0n) is 14.6. The third-order valence-corrected chi connectivity index (χ3v) is 4.82. The van der Waals surface area contributed by atoms with Gasteiger partial charge in [-0.2, -0.15) is 0 Å². The van der Waals surface area contributed by atoms with Gasteiger partial charge in [0.2, 0.25) is 0 Å². The smallest absolute Gasteiger partial charge is 0.0793 e. The van der Waals surface area contributed by atoms with E-state index in [2.05, 4.69) is 58.5 Å². The highest BCUT2D eigenvalue weighted by Gasteiger charge is 2.19. The lowest BCUT2D eigenvalue weighted by molar-refractivity contribution is 0.119. The number of piperidine rings is 1. The van der Waals surface area contributed by atoms with Gasteiger partial charge in [0.15, 0.2) is 0 Å². The maximum atomic E-state index is 5.41. The zero-order valence-corrected chi connectivity index (χ0v) is 14.6. The molecule has 0 spiro atoms. The Kier molecular flexibility index (Phi) is 5.83. The summed E-state index contributed by atoms with van der Waals surface area (Å²) in [4.78, 5) is 6.61. The van der Waals surface area contributed by atoms with E-state index in [0.717, 1.165) is 19.6 Å². The van der Waals surface area contributed by atoms with Crippen LogP contribution in [0.5, 0.6) is 0 Å². The number of hydrogen-bond donors (Lipinski definition) is 1. The Hall–Kier alpha value is -1.91. The molecule has 0 aliphatic carbocycles. The predicted molar refractivity (Wildman–Crippen MR) is 98.0 cm³/mol. The van der Waals surface area contributed by atoms with Crippen molar-refractivity contribution in [1.29, 1.82) is 0 Å². The lowest BCUT2D eigenvalue weighted by atomic mass is 10.0. The van der Waals surface area contributed by atoms with E-state index < -0.39 is 0 Å². The molecule has 1 N–H and O–H groups in total. The molecular weight excluding hydrogens is 298 g/mol. The number of ether oxygens (including phenoxy) is 1. The van der Waals surface area contributed by atoms with E-state index in [9.17, 15) is 0 Å². The number of rotatable bonds is 6. The quantitative estimate of drug-likeness (QED) is 0.875. The highest BCUT2D eigenvalue weighted by atomic mass is 16.5. The number of methoxy groups -OCH3 is 1. The molecule has 1 aliphatic rings. The first-order valence-corrected chi connectivity index (χ1v) is 8.75. The highest BCUT2D eigenvalue weighted by molar-refractivity contribution is 5.47. The first-order chi connectivity index (χ1) is 11.7. The van der Waals surface area contributed by atoms with Crippen LogP contribution in [0.2, 0.25) is 0 Å². The van der Waals surface area contributed by atoms with Crippen molar-refractivity contribution in [3.8, 4) is 0 Å². The summed E-state index contributed by atoms with van der Waals surface area (Å²) in [6, 6.07) is 13.3. The topological polar surface area (TPSA) is 37.4 Å². The van der Waals surface area contributed by atoms with Crippen LogP contribution in [0.1, 0.15) is 37.0 Å². The van der Waals surface area contributed by atoms with Crippen molar-refractivity contribution < 1.29 is 4.74 Å². The van der Waals surface area contributed by atoms with Crippen molar-refractivity contribution in [1.82, 2.24) is 9.88 Å². The molecule has 0 unspecified atom stereocenters. The third kappa shape index (κ3) is 4.56. The fourth-order valence-corrected chi connectivity index (χ4v) is 3.23. The van der Waals surface area contributed by atoms with Gasteiger partial charge in [-0.1, -0.05) is 12.1 Å².